The molecule has 2 atom stereocenters. The van der Waals surface area contributed by atoms with Gasteiger partial charge in [-0.3, -0.25) is 9.78 Å². The first-order chi connectivity index (χ1) is 17.0. The molecule has 5 rings (SSSR count). The second-order valence-electron chi connectivity index (χ2n) is 10.6. The molecule has 7 nitrogen and oxygen atoms in total. The van der Waals surface area contributed by atoms with Gasteiger partial charge < -0.3 is 15.5 Å². The molecule has 1 aliphatic rings. The van der Waals surface area contributed by atoms with E-state index in [0.29, 0.717) is 30.1 Å². The van der Waals surface area contributed by atoms with Gasteiger partial charge in [0.15, 0.2) is 5.82 Å². The molecule has 3 N–H and O–H groups in total. The molecule has 36 heavy (non-hydrogen) atoms. The Balaban J connectivity index is 1.45. The molecule has 0 aliphatic heterocycles. The molecule has 0 radical (unpaired) electrons. The number of aliphatic hydroxyl groups is 1. The number of aliphatic carboxylic acids is 1. The SMILES string of the molecule is Cc1cc(Nc2nc(C)cc3cccnc23)cc(-c2cnc([C@@]3(O)CCC(C(=O)O)C(C)(C)C3)s2)c1. The number of pyridine rings is 2. The minimum atomic E-state index is -1.13. The summed E-state index contributed by atoms with van der Waals surface area (Å²) in [6.45, 7) is 7.84. The molecule has 1 saturated carbocycles. The largest absolute Gasteiger partial charge is 0.481 e. The number of anilines is 2. The van der Waals surface area contributed by atoms with Crippen LogP contribution in [0.4, 0.5) is 11.5 Å². The fourth-order valence-electron chi connectivity index (χ4n) is 5.44. The Morgan fingerprint density at radius 3 is 2.72 bits per heavy atom. The van der Waals surface area contributed by atoms with Gasteiger partial charge in [-0.05, 0) is 73.9 Å². The first-order valence-electron chi connectivity index (χ1n) is 12.1. The summed E-state index contributed by atoms with van der Waals surface area (Å²) in [6.07, 6.45) is 4.75. The molecule has 0 spiro atoms. The average Bonchev–Trinajstić information content (AvgIpc) is 3.29. The Labute approximate surface area is 214 Å². The number of benzene rings is 1. The van der Waals surface area contributed by atoms with Crippen LogP contribution in [0.1, 0.15) is 49.4 Å². The Kier molecular flexibility index (Phi) is 6.04. The number of carbonyl (C=O) groups is 1. The lowest BCUT2D eigenvalue weighted by molar-refractivity contribution is -0.154. The topological polar surface area (TPSA) is 108 Å². The van der Waals surface area contributed by atoms with Gasteiger partial charge in [-0.2, -0.15) is 0 Å². The van der Waals surface area contributed by atoms with E-state index in [9.17, 15) is 15.0 Å². The summed E-state index contributed by atoms with van der Waals surface area (Å²) in [5, 5.41) is 26.2. The molecule has 8 heteroatoms. The van der Waals surface area contributed by atoms with Crippen LogP contribution in [0, 0.1) is 25.2 Å². The highest BCUT2D eigenvalue weighted by atomic mass is 32.1. The first kappa shape index (κ1) is 24.3. The number of aromatic nitrogens is 3. The van der Waals surface area contributed by atoms with Crippen molar-refractivity contribution in [2.75, 3.05) is 5.32 Å². The number of aryl methyl sites for hydroxylation is 2. The monoisotopic (exact) mass is 502 g/mol. The van der Waals surface area contributed by atoms with E-state index in [-0.39, 0.29) is 0 Å². The third kappa shape index (κ3) is 4.58. The quantitative estimate of drug-likeness (QED) is 0.298. The Morgan fingerprint density at radius 2 is 1.97 bits per heavy atom. The van der Waals surface area contributed by atoms with Crippen molar-refractivity contribution >= 4 is 39.7 Å². The summed E-state index contributed by atoms with van der Waals surface area (Å²) in [6, 6.07) is 12.2. The van der Waals surface area contributed by atoms with Crippen molar-refractivity contribution in [2.24, 2.45) is 11.3 Å². The van der Waals surface area contributed by atoms with E-state index >= 15 is 0 Å². The van der Waals surface area contributed by atoms with Gasteiger partial charge in [0, 0.05) is 29.2 Å². The van der Waals surface area contributed by atoms with Crippen LogP contribution in [0.3, 0.4) is 0 Å². The van der Waals surface area contributed by atoms with Crippen molar-refractivity contribution in [1.29, 1.82) is 0 Å². The maximum Gasteiger partial charge on any atom is 0.307 e. The summed E-state index contributed by atoms with van der Waals surface area (Å²) in [7, 11) is 0. The summed E-state index contributed by atoms with van der Waals surface area (Å²) in [5.74, 6) is -0.560. The van der Waals surface area contributed by atoms with Crippen LogP contribution in [-0.4, -0.2) is 31.1 Å². The van der Waals surface area contributed by atoms with E-state index in [1.807, 2.05) is 45.9 Å². The van der Waals surface area contributed by atoms with E-state index in [0.717, 1.165) is 38.3 Å². The lowest BCUT2D eigenvalue weighted by Gasteiger charge is -2.44. The second kappa shape index (κ2) is 8.94. The minimum Gasteiger partial charge on any atom is -0.481 e. The molecule has 186 valence electrons. The van der Waals surface area contributed by atoms with Crippen molar-refractivity contribution in [3.63, 3.8) is 0 Å². The van der Waals surface area contributed by atoms with Crippen LogP contribution in [-0.2, 0) is 10.4 Å². The first-order valence-corrected chi connectivity index (χ1v) is 12.9. The number of rotatable bonds is 5. The van der Waals surface area contributed by atoms with E-state index < -0.39 is 22.9 Å². The lowest BCUT2D eigenvalue weighted by Crippen LogP contribution is -2.44. The molecule has 0 amide bonds. The van der Waals surface area contributed by atoms with Crippen molar-refractivity contribution in [3.05, 3.63) is 65.1 Å². The molecule has 4 aromatic rings. The van der Waals surface area contributed by atoms with Gasteiger partial charge >= 0.3 is 5.97 Å². The van der Waals surface area contributed by atoms with Gasteiger partial charge in [0.2, 0.25) is 0 Å². The van der Waals surface area contributed by atoms with Gasteiger partial charge in [-0.1, -0.05) is 26.0 Å². The zero-order valence-electron chi connectivity index (χ0n) is 20.9. The average molecular weight is 503 g/mol. The van der Waals surface area contributed by atoms with Crippen LogP contribution in [0.15, 0.2) is 48.8 Å². The number of nitrogens with one attached hydrogen (secondary N) is 1. The number of carboxylic acids is 1. The second-order valence-corrected chi connectivity index (χ2v) is 11.6. The van der Waals surface area contributed by atoms with Gasteiger partial charge in [0.05, 0.1) is 10.8 Å². The van der Waals surface area contributed by atoms with Crippen molar-refractivity contribution in [1.82, 2.24) is 15.0 Å². The Morgan fingerprint density at radius 1 is 1.17 bits per heavy atom. The zero-order valence-corrected chi connectivity index (χ0v) is 21.7. The third-order valence-electron chi connectivity index (χ3n) is 7.08. The highest BCUT2D eigenvalue weighted by Crippen LogP contribution is 2.51. The van der Waals surface area contributed by atoms with Crippen LogP contribution in [0.5, 0.6) is 0 Å². The van der Waals surface area contributed by atoms with Crippen LogP contribution in [0.25, 0.3) is 21.3 Å². The zero-order chi connectivity index (χ0) is 25.7. The molecule has 1 aliphatic carbocycles. The Hall–Kier alpha value is -3.36. The molecular formula is C28H30N4O3S. The van der Waals surface area contributed by atoms with E-state index in [4.69, 9.17) is 0 Å². The molecule has 1 fully saturated rings. The molecule has 3 heterocycles. The summed E-state index contributed by atoms with van der Waals surface area (Å²) in [4.78, 5) is 26.4. The molecule has 1 unspecified atom stereocenters. The molecular weight excluding hydrogens is 472 g/mol. The maximum absolute atomic E-state index is 11.7. The molecule has 0 bridgehead atoms. The van der Waals surface area contributed by atoms with Gasteiger partial charge in [0.25, 0.3) is 0 Å². The van der Waals surface area contributed by atoms with Gasteiger partial charge in [-0.15, -0.1) is 11.3 Å². The number of nitrogens with zero attached hydrogens (tertiary/aromatic N) is 3. The number of hydrogen-bond donors (Lipinski definition) is 3. The third-order valence-corrected chi connectivity index (χ3v) is 8.32. The van der Waals surface area contributed by atoms with Crippen molar-refractivity contribution in [3.8, 4) is 10.4 Å². The van der Waals surface area contributed by atoms with Crippen LogP contribution >= 0.6 is 11.3 Å². The highest BCUT2D eigenvalue weighted by Gasteiger charge is 2.49. The maximum atomic E-state index is 11.7. The number of carboxylic acid groups (broad SMARTS) is 1. The fourth-order valence-corrected chi connectivity index (χ4v) is 6.46. The molecule has 3 aromatic heterocycles. The van der Waals surface area contributed by atoms with E-state index in [2.05, 4.69) is 38.5 Å². The van der Waals surface area contributed by atoms with Crippen LogP contribution in [0.2, 0.25) is 0 Å². The summed E-state index contributed by atoms with van der Waals surface area (Å²) < 4.78 is 0. The standard InChI is InChI=1S/C28H30N4O3S/c1-16-10-19(13-20(11-16)32-24-23-18(6-5-9-29-23)12-17(2)31-24)22-14-30-26(36-22)28(35)8-7-21(25(33)34)27(3,4)15-28/h5-6,9-14,21,35H,7-8,15H2,1-4H3,(H,31,32)(H,33,34)/t21?,28-/m1/s1. The normalized spacial score (nSPS) is 21.4. The highest BCUT2D eigenvalue weighted by molar-refractivity contribution is 7.15. The minimum absolute atomic E-state index is 0.365. The van der Waals surface area contributed by atoms with Crippen molar-refractivity contribution < 1.29 is 15.0 Å². The summed E-state index contributed by atoms with van der Waals surface area (Å²) in [5.41, 5.74) is 3.04. The molecule has 1 aromatic carbocycles. The smallest absolute Gasteiger partial charge is 0.307 e. The number of fused-ring (bicyclic) bond motifs is 1. The van der Waals surface area contributed by atoms with Gasteiger partial charge in [-0.25, -0.2) is 9.97 Å². The van der Waals surface area contributed by atoms with E-state index in [1.165, 1.54) is 11.3 Å². The van der Waals surface area contributed by atoms with Crippen LogP contribution < -0.4 is 5.32 Å². The predicted octanol–water partition coefficient (Wildman–Crippen LogP) is 6.21. The molecule has 0 saturated heterocycles. The lowest BCUT2D eigenvalue weighted by atomic mass is 9.63. The summed E-state index contributed by atoms with van der Waals surface area (Å²) >= 11 is 1.47. The Bertz CT molecular complexity index is 1460. The number of hydrogen-bond acceptors (Lipinski definition) is 7. The van der Waals surface area contributed by atoms with E-state index in [1.54, 1.807) is 12.4 Å². The number of thiazole rings is 1. The van der Waals surface area contributed by atoms with Crippen molar-refractivity contribution in [2.45, 2.75) is 52.6 Å². The fraction of sp³-hybridized carbons (Fsp3) is 0.357. The van der Waals surface area contributed by atoms with Gasteiger partial charge in [0.1, 0.15) is 16.1 Å². The predicted molar refractivity (Wildman–Crippen MR) is 142 cm³/mol.